The first kappa shape index (κ1) is 13.1. The predicted molar refractivity (Wildman–Crippen MR) is 59.4 cm³/mol. The molecular formula is C11H11BrF2O2. The maximum absolute atomic E-state index is 13.5. The normalized spacial score (nSPS) is 11.3. The highest BCUT2D eigenvalue weighted by atomic mass is 79.9. The molecule has 0 N–H and O–H groups in total. The number of benzene rings is 1. The number of alkyl halides is 2. The van der Waals surface area contributed by atoms with E-state index in [1.807, 2.05) is 6.92 Å². The molecule has 1 aromatic carbocycles. The smallest absolute Gasteiger partial charge is 0.381 e. The molecule has 0 atom stereocenters. The summed E-state index contributed by atoms with van der Waals surface area (Å²) in [6.07, 6.45) is 0.727. The van der Waals surface area contributed by atoms with Gasteiger partial charge in [0.1, 0.15) is 0 Å². The van der Waals surface area contributed by atoms with E-state index >= 15 is 0 Å². The summed E-state index contributed by atoms with van der Waals surface area (Å²) in [6, 6.07) is 4.05. The number of methoxy groups -OCH3 is 1. The first-order valence-corrected chi connectivity index (χ1v) is 5.48. The van der Waals surface area contributed by atoms with Crippen molar-refractivity contribution >= 4 is 21.9 Å². The van der Waals surface area contributed by atoms with Gasteiger partial charge in [0.2, 0.25) is 0 Å². The summed E-state index contributed by atoms with van der Waals surface area (Å²) in [7, 11) is 0.936. The molecule has 0 radical (unpaired) electrons. The third-order valence-corrected chi connectivity index (χ3v) is 2.98. The highest BCUT2D eigenvalue weighted by molar-refractivity contribution is 9.10. The summed E-state index contributed by atoms with van der Waals surface area (Å²) in [5, 5.41) is 0. The molecule has 0 aliphatic heterocycles. The van der Waals surface area contributed by atoms with Crippen molar-refractivity contribution in [2.45, 2.75) is 19.3 Å². The minimum Gasteiger partial charge on any atom is -0.464 e. The fourth-order valence-corrected chi connectivity index (χ4v) is 1.93. The molecule has 0 aliphatic rings. The van der Waals surface area contributed by atoms with Crippen LogP contribution >= 0.6 is 15.9 Å². The molecular weight excluding hydrogens is 282 g/mol. The van der Waals surface area contributed by atoms with Gasteiger partial charge in [-0.15, -0.1) is 0 Å². The Morgan fingerprint density at radius 1 is 1.50 bits per heavy atom. The van der Waals surface area contributed by atoms with E-state index in [-0.39, 0.29) is 5.56 Å². The van der Waals surface area contributed by atoms with Crippen LogP contribution in [0.3, 0.4) is 0 Å². The number of hydrogen-bond acceptors (Lipinski definition) is 2. The summed E-state index contributed by atoms with van der Waals surface area (Å²) in [6.45, 7) is 1.91. The molecule has 0 saturated heterocycles. The summed E-state index contributed by atoms with van der Waals surface area (Å²) in [4.78, 5) is 10.9. The fourth-order valence-electron chi connectivity index (χ4n) is 1.28. The number of carbonyl (C=O) groups excluding carboxylic acids is 1. The molecule has 16 heavy (non-hydrogen) atoms. The molecule has 0 aromatic heterocycles. The third kappa shape index (κ3) is 2.40. The molecule has 0 unspecified atom stereocenters. The van der Waals surface area contributed by atoms with E-state index in [0.717, 1.165) is 19.1 Å². The van der Waals surface area contributed by atoms with Gasteiger partial charge in [-0.2, -0.15) is 8.78 Å². The Balaban J connectivity index is 3.14. The van der Waals surface area contributed by atoms with E-state index in [1.165, 1.54) is 12.1 Å². The second-order valence-corrected chi connectivity index (χ2v) is 4.08. The highest BCUT2D eigenvalue weighted by Crippen LogP contribution is 2.32. The molecule has 0 heterocycles. The third-order valence-electron chi connectivity index (χ3n) is 2.24. The van der Waals surface area contributed by atoms with Gasteiger partial charge in [-0.1, -0.05) is 35.0 Å². The van der Waals surface area contributed by atoms with Gasteiger partial charge in [-0.05, 0) is 18.1 Å². The highest BCUT2D eigenvalue weighted by Gasteiger charge is 2.42. The van der Waals surface area contributed by atoms with Gasteiger partial charge in [0.15, 0.2) is 0 Å². The van der Waals surface area contributed by atoms with Gasteiger partial charge >= 0.3 is 11.9 Å². The predicted octanol–water partition coefficient (Wildman–Crippen LogP) is 3.28. The number of carbonyl (C=O) groups is 1. The monoisotopic (exact) mass is 292 g/mol. The molecule has 0 bridgehead atoms. The second-order valence-electron chi connectivity index (χ2n) is 3.23. The summed E-state index contributed by atoms with van der Waals surface area (Å²) < 4.78 is 31.6. The van der Waals surface area contributed by atoms with Crippen molar-refractivity contribution in [3.63, 3.8) is 0 Å². The SMILES string of the molecule is CCc1ccc(C(F)(F)C(=O)OC)cc1Br. The van der Waals surface area contributed by atoms with Crippen LogP contribution in [0.5, 0.6) is 0 Å². The molecule has 1 rings (SSSR count). The Hall–Kier alpha value is -0.970. The lowest BCUT2D eigenvalue weighted by molar-refractivity contribution is -0.170. The lowest BCUT2D eigenvalue weighted by atomic mass is 10.1. The quantitative estimate of drug-likeness (QED) is 0.799. The molecule has 1 aromatic rings. The zero-order valence-corrected chi connectivity index (χ0v) is 10.5. The average molecular weight is 293 g/mol. The van der Waals surface area contributed by atoms with Gasteiger partial charge in [-0.3, -0.25) is 0 Å². The van der Waals surface area contributed by atoms with E-state index in [1.54, 1.807) is 6.07 Å². The molecule has 0 amide bonds. The van der Waals surface area contributed by atoms with Crippen molar-refractivity contribution in [1.29, 1.82) is 0 Å². The van der Waals surface area contributed by atoms with Crippen molar-refractivity contribution in [3.8, 4) is 0 Å². The van der Waals surface area contributed by atoms with Crippen LogP contribution in [-0.2, 0) is 21.9 Å². The van der Waals surface area contributed by atoms with Crippen LogP contribution in [-0.4, -0.2) is 13.1 Å². The number of hydrogen-bond donors (Lipinski definition) is 0. The molecule has 0 saturated carbocycles. The van der Waals surface area contributed by atoms with E-state index in [4.69, 9.17) is 0 Å². The average Bonchev–Trinajstić information content (AvgIpc) is 2.27. The van der Waals surface area contributed by atoms with Gasteiger partial charge in [0, 0.05) is 10.0 Å². The van der Waals surface area contributed by atoms with Crippen molar-refractivity contribution in [2.75, 3.05) is 7.11 Å². The van der Waals surface area contributed by atoms with Gasteiger partial charge in [0.05, 0.1) is 7.11 Å². The van der Waals surface area contributed by atoms with E-state index in [0.29, 0.717) is 4.47 Å². The Bertz CT molecular complexity index is 405. The Labute approximate surface area is 101 Å². The van der Waals surface area contributed by atoms with Crippen LogP contribution in [0.4, 0.5) is 8.78 Å². The first-order chi connectivity index (χ1) is 7.43. The van der Waals surface area contributed by atoms with E-state index in [9.17, 15) is 13.6 Å². The molecule has 5 heteroatoms. The Morgan fingerprint density at radius 2 is 2.12 bits per heavy atom. The van der Waals surface area contributed by atoms with Crippen molar-refractivity contribution in [1.82, 2.24) is 0 Å². The standard InChI is InChI=1S/C11H11BrF2O2/c1-3-7-4-5-8(6-9(7)12)11(13,14)10(15)16-2/h4-6H,3H2,1-2H3. The maximum atomic E-state index is 13.5. The Morgan fingerprint density at radius 3 is 2.56 bits per heavy atom. The molecule has 88 valence electrons. The number of aryl methyl sites for hydroxylation is 1. The second kappa shape index (κ2) is 4.91. The van der Waals surface area contributed by atoms with Crippen molar-refractivity contribution in [3.05, 3.63) is 33.8 Å². The zero-order valence-electron chi connectivity index (χ0n) is 8.89. The van der Waals surface area contributed by atoms with Gasteiger partial charge < -0.3 is 4.74 Å². The van der Waals surface area contributed by atoms with Crippen LogP contribution < -0.4 is 0 Å². The number of esters is 1. The number of rotatable bonds is 3. The topological polar surface area (TPSA) is 26.3 Å². The minimum absolute atomic E-state index is 0.372. The summed E-state index contributed by atoms with van der Waals surface area (Å²) in [5.41, 5.74) is 0.535. The van der Waals surface area contributed by atoms with Crippen molar-refractivity contribution in [2.24, 2.45) is 0 Å². The largest absolute Gasteiger partial charge is 0.464 e. The lowest BCUT2D eigenvalue weighted by Crippen LogP contribution is -2.27. The molecule has 0 aliphatic carbocycles. The maximum Gasteiger partial charge on any atom is 0.381 e. The molecule has 0 fully saturated rings. The van der Waals surface area contributed by atoms with Crippen LogP contribution in [0.15, 0.2) is 22.7 Å². The van der Waals surface area contributed by atoms with Crippen LogP contribution in [0.1, 0.15) is 18.1 Å². The van der Waals surface area contributed by atoms with Crippen LogP contribution in [0.2, 0.25) is 0 Å². The van der Waals surface area contributed by atoms with Crippen LogP contribution in [0, 0.1) is 0 Å². The van der Waals surface area contributed by atoms with Gasteiger partial charge in [0.25, 0.3) is 0 Å². The number of ether oxygens (including phenoxy) is 1. The fraction of sp³-hybridized carbons (Fsp3) is 0.364. The van der Waals surface area contributed by atoms with Crippen molar-refractivity contribution < 1.29 is 18.3 Å². The van der Waals surface area contributed by atoms with Gasteiger partial charge in [-0.25, -0.2) is 4.79 Å². The Kier molecular flexibility index (Phi) is 4.02. The molecule has 0 spiro atoms. The first-order valence-electron chi connectivity index (χ1n) is 4.68. The van der Waals surface area contributed by atoms with E-state index in [2.05, 4.69) is 20.7 Å². The van der Waals surface area contributed by atoms with Crippen LogP contribution in [0.25, 0.3) is 0 Å². The summed E-state index contributed by atoms with van der Waals surface area (Å²) in [5.74, 6) is -5.16. The summed E-state index contributed by atoms with van der Waals surface area (Å²) >= 11 is 3.19. The zero-order chi connectivity index (χ0) is 12.3. The number of halogens is 3. The molecule has 2 nitrogen and oxygen atoms in total. The minimum atomic E-state index is -3.61. The van der Waals surface area contributed by atoms with E-state index < -0.39 is 11.9 Å². The lowest BCUT2D eigenvalue weighted by Gasteiger charge is -2.15.